The zero-order valence-electron chi connectivity index (χ0n) is 22.9. The molecule has 1 unspecified atom stereocenters. The van der Waals surface area contributed by atoms with Gasteiger partial charge in [0.25, 0.3) is 11.8 Å². The molecule has 1 aromatic carbocycles. The van der Waals surface area contributed by atoms with Gasteiger partial charge in [0.05, 0.1) is 57.4 Å². The number of fused-ring (bicyclic) bond motifs is 1. The van der Waals surface area contributed by atoms with Crippen molar-refractivity contribution in [2.45, 2.75) is 31.3 Å². The van der Waals surface area contributed by atoms with E-state index in [1.54, 1.807) is 23.1 Å². The van der Waals surface area contributed by atoms with Gasteiger partial charge < -0.3 is 34.9 Å². The van der Waals surface area contributed by atoms with Crippen LogP contribution in [0.15, 0.2) is 18.2 Å². The molecule has 0 aromatic heterocycles. The van der Waals surface area contributed by atoms with Crippen LogP contribution in [0.2, 0.25) is 0 Å². The first-order valence-corrected chi connectivity index (χ1v) is 13.8. The maximum atomic E-state index is 13.1. The van der Waals surface area contributed by atoms with Crippen LogP contribution in [-0.4, -0.2) is 124 Å². The van der Waals surface area contributed by atoms with Crippen LogP contribution in [-0.2, 0) is 33.3 Å². The van der Waals surface area contributed by atoms with Crippen molar-refractivity contribution in [1.29, 1.82) is 0 Å². The van der Waals surface area contributed by atoms with E-state index in [9.17, 15) is 24.0 Å². The van der Waals surface area contributed by atoms with Gasteiger partial charge in [0.15, 0.2) is 0 Å². The maximum absolute atomic E-state index is 13.1. The van der Waals surface area contributed by atoms with Gasteiger partial charge in [0.2, 0.25) is 17.7 Å². The number of imide groups is 2. The predicted octanol–water partition coefficient (Wildman–Crippen LogP) is -0.874. The van der Waals surface area contributed by atoms with Gasteiger partial charge >= 0.3 is 0 Å². The van der Waals surface area contributed by atoms with Crippen LogP contribution >= 0.6 is 0 Å². The number of nitrogens with one attached hydrogen (secondary N) is 2. The van der Waals surface area contributed by atoms with E-state index in [-0.39, 0.29) is 42.5 Å². The second-order valence-electron chi connectivity index (χ2n) is 9.88. The zero-order chi connectivity index (χ0) is 29.2. The fourth-order valence-electron chi connectivity index (χ4n) is 4.84. The normalized spacial score (nSPS) is 20.5. The van der Waals surface area contributed by atoms with E-state index >= 15 is 0 Å². The van der Waals surface area contributed by atoms with E-state index in [4.69, 9.17) is 24.7 Å². The number of hydrogen-bond donors (Lipinski definition) is 3. The lowest BCUT2D eigenvalue weighted by atomic mass is 10.0. The molecule has 14 heteroatoms. The molecule has 3 heterocycles. The highest BCUT2D eigenvalue weighted by atomic mass is 16.6. The summed E-state index contributed by atoms with van der Waals surface area (Å²) >= 11 is 0. The summed E-state index contributed by atoms with van der Waals surface area (Å²) in [4.78, 5) is 64.3. The second kappa shape index (κ2) is 15.0. The molecule has 41 heavy (non-hydrogen) atoms. The molecule has 2 atom stereocenters. The molecule has 4 rings (SSSR count). The summed E-state index contributed by atoms with van der Waals surface area (Å²) in [5.74, 6) is -2.23. The number of hydrogen-bond acceptors (Lipinski definition) is 11. The monoisotopic (exact) mass is 575 g/mol. The Hall–Kier alpha value is -3.43. The molecule has 5 amide bonds. The van der Waals surface area contributed by atoms with Crippen molar-refractivity contribution >= 4 is 35.2 Å². The van der Waals surface area contributed by atoms with E-state index in [0.717, 1.165) is 11.3 Å². The minimum Gasteiger partial charge on any atom is -0.382 e. The van der Waals surface area contributed by atoms with Crippen LogP contribution in [0.1, 0.15) is 40.0 Å². The smallest absolute Gasteiger partial charge is 0.264 e. The van der Waals surface area contributed by atoms with Gasteiger partial charge in [-0.25, -0.2) is 0 Å². The van der Waals surface area contributed by atoms with Crippen molar-refractivity contribution in [3.05, 3.63) is 29.3 Å². The minimum atomic E-state index is -1.01. The van der Waals surface area contributed by atoms with Gasteiger partial charge in [-0.05, 0) is 25.0 Å². The minimum absolute atomic E-state index is 0.0285. The van der Waals surface area contributed by atoms with Crippen LogP contribution in [0.4, 0.5) is 5.69 Å². The maximum Gasteiger partial charge on any atom is 0.264 e. The largest absolute Gasteiger partial charge is 0.382 e. The van der Waals surface area contributed by atoms with Crippen molar-refractivity contribution in [3.63, 3.8) is 0 Å². The SMILES string of the molecule is N[C@H]1CCN(C(=O)COCCOCCOCCOCCNc2cccc3c2C(=O)N(C2CCC(=O)NC2=O)C3=O)C1. The lowest BCUT2D eigenvalue weighted by Crippen LogP contribution is -2.54. The molecule has 3 aliphatic heterocycles. The predicted molar refractivity (Wildman–Crippen MR) is 144 cm³/mol. The van der Waals surface area contributed by atoms with E-state index in [2.05, 4.69) is 10.6 Å². The Morgan fingerprint density at radius 2 is 1.61 bits per heavy atom. The summed E-state index contributed by atoms with van der Waals surface area (Å²) in [6.45, 7) is 4.21. The van der Waals surface area contributed by atoms with E-state index in [1.165, 1.54) is 0 Å². The number of rotatable bonds is 16. The molecule has 1 aromatic rings. The van der Waals surface area contributed by atoms with Crippen LogP contribution < -0.4 is 16.4 Å². The standard InChI is InChI=1S/C27H37N5O9/c28-18-6-8-31(16-18)23(34)17-41-15-14-40-13-12-39-11-10-38-9-7-29-20-3-1-2-19-24(20)27(37)32(26(19)36)21-4-5-22(33)30-25(21)35/h1-3,18,21,29H,4-17,28H2,(H,30,33,35)/t18-,21?/m0/s1. The summed E-state index contributed by atoms with van der Waals surface area (Å²) in [5, 5.41) is 5.30. The number of nitrogens with zero attached hydrogens (tertiary/aromatic N) is 2. The quantitative estimate of drug-likeness (QED) is 0.165. The zero-order valence-corrected chi connectivity index (χ0v) is 22.9. The van der Waals surface area contributed by atoms with E-state index < -0.39 is 29.7 Å². The number of likely N-dealkylation sites (tertiary alicyclic amines) is 1. The summed E-state index contributed by atoms with van der Waals surface area (Å²) in [7, 11) is 0. The summed E-state index contributed by atoms with van der Waals surface area (Å²) < 4.78 is 21.8. The van der Waals surface area contributed by atoms with Gasteiger partial charge in [0, 0.05) is 37.8 Å². The molecule has 0 aliphatic carbocycles. The third-order valence-electron chi connectivity index (χ3n) is 6.95. The second-order valence-corrected chi connectivity index (χ2v) is 9.88. The lowest BCUT2D eigenvalue weighted by Gasteiger charge is -2.27. The number of ether oxygens (including phenoxy) is 4. The van der Waals surface area contributed by atoms with Gasteiger partial charge in [-0.1, -0.05) is 6.07 Å². The molecule has 0 saturated carbocycles. The first kappa shape index (κ1) is 30.5. The Bertz CT molecular complexity index is 1130. The molecule has 2 saturated heterocycles. The Morgan fingerprint density at radius 3 is 2.27 bits per heavy atom. The van der Waals surface area contributed by atoms with Crippen LogP contribution in [0, 0.1) is 0 Å². The van der Waals surface area contributed by atoms with Crippen molar-refractivity contribution in [3.8, 4) is 0 Å². The first-order chi connectivity index (χ1) is 19.9. The van der Waals surface area contributed by atoms with Crippen LogP contribution in [0.25, 0.3) is 0 Å². The summed E-state index contributed by atoms with van der Waals surface area (Å²) in [5.41, 5.74) is 6.70. The van der Waals surface area contributed by atoms with Gasteiger partial charge in [0.1, 0.15) is 12.6 Å². The molecule has 0 bridgehead atoms. The number of piperidine rings is 1. The van der Waals surface area contributed by atoms with Gasteiger partial charge in [-0.3, -0.25) is 34.2 Å². The highest BCUT2D eigenvalue weighted by Gasteiger charge is 2.45. The number of nitrogens with two attached hydrogens (primary N) is 1. The van der Waals surface area contributed by atoms with Crippen molar-refractivity contribution in [2.75, 3.05) is 77.8 Å². The Morgan fingerprint density at radius 1 is 0.927 bits per heavy atom. The third kappa shape index (κ3) is 8.07. The van der Waals surface area contributed by atoms with E-state index in [1.807, 2.05) is 0 Å². The van der Waals surface area contributed by atoms with Crippen molar-refractivity contribution < 1.29 is 42.9 Å². The first-order valence-electron chi connectivity index (χ1n) is 13.8. The molecule has 4 N–H and O–H groups in total. The van der Waals surface area contributed by atoms with Crippen molar-refractivity contribution in [1.82, 2.24) is 15.1 Å². The summed E-state index contributed by atoms with van der Waals surface area (Å²) in [6, 6.07) is 3.94. The number of benzene rings is 1. The molecule has 0 radical (unpaired) electrons. The number of anilines is 1. The number of carbonyl (C=O) groups is 5. The fraction of sp³-hybridized carbons (Fsp3) is 0.593. The third-order valence-corrected chi connectivity index (χ3v) is 6.95. The molecule has 0 spiro atoms. The van der Waals surface area contributed by atoms with Crippen molar-refractivity contribution in [2.24, 2.45) is 5.73 Å². The Balaban J connectivity index is 1.04. The molecule has 14 nitrogen and oxygen atoms in total. The highest BCUT2D eigenvalue weighted by Crippen LogP contribution is 2.32. The lowest BCUT2D eigenvalue weighted by molar-refractivity contribution is -0.137. The molecule has 3 aliphatic rings. The molecule has 2 fully saturated rings. The Labute approximate surface area is 237 Å². The van der Waals surface area contributed by atoms with Gasteiger partial charge in [-0.15, -0.1) is 0 Å². The average Bonchev–Trinajstić information content (AvgIpc) is 3.50. The summed E-state index contributed by atoms with van der Waals surface area (Å²) in [6.07, 6.45) is 0.996. The van der Waals surface area contributed by atoms with Gasteiger partial charge in [-0.2, -0.15) is 0 Å². The Kier molecular flexibility index (Phi) is 11.2. The number of amides is 5. The van der Waals surface area contributed by atoms with Crippen LogP contribution in [0.5, 0.6) is 0 Å². The topological polar surface area (TPSA) is 179 Å². The average molecular weight is 576 g/mol. The number of carbonyl (C=O) groups excluding carboxylic acids is 5. The molecular formula is C27H37N5O9. The van der Waals surface area contributed by atoms with Crippen LogP contribution in [0.3, 0.4) is 0 Å². The van der Waals surface area contributed by atoms with E-state index in [0.29, 0.717) is 71.6 Å². The fourth-order valence-corrected chi connectivity index (χ4v) is 4.84. The molecular weight excluding hydrogens is 538 g/mol. The highest BCUT2D eigenvalue weighted by molar-refractivity contribution is 6.25. The molecule has 224 valence electrons.